The second-order valence-electron chi connectivity index (χ2n) is 8.14. The highest BCUT2D eigenvalue weighted by molar-refractivity contribution is 7.12. The van der Waals surface area contributed by atoms with Crippen molar-refractivity contribution in [3.63, 3.8) is 0 Å². The summed E-state index contributed by atoms with van der Waals surface area (Å²) in [6.45, 7) is 11.1. The predicted molar refractivity (Wildman–Crippen MR) is 110 cm³/mol. The molecule has 1 saturated heterocycles. The number of carbonyl (C=O) groups is 3. The topological polar surface area (TPSA) is 87.7 Å². The molecule has 1 aliphatic rings. The van der Waals surface area contributed by atoms with Crippen molar-refractivity contribution < 1.29 is 19.1 Å². The first-order valence-electron chi connectivity index (χ1n) is 9.67. The number of piperidine rings is 1. The van der Waals surface area contributed by atoms with Crippen LogP contribution in [0.1, 0.15) is 53.7 Å². The van der Waals surface area contributed by atoms with Crippen molar-refractivity contribution >= 4 is 29.2 Å². The summed E-state index contributed by atoms with van der Waals surface area (Å²) in [5, 5.41) is 5.46. The van der Waals surface area contributed by atoms with Gasteiger partial charge in [0.2, 0.25) is 5.91 Å². The minimum Gasteiger partial charge on any atom is -0.444 e. The molecule has 2 N–H and O–H groups in total. The van der Waals surface area contributed by atoms with Gasteiger partial charge in [0.1, 0.15) is 5.60 Å². The molecule has 7 nitrogen and oxygen atoms in total. The molecule has 0 spiro atoms. The number of amides is 3. The Morgan fingerprint density at radius 2 is 1.89 bits per heavy atom. The van der Waals surface area contributed by atoms with Crippen LogP contribution in [0.5, 0.6) is 0 Å². The number of hydrogen-bond acceptors (Lipinski definition) is 5. The highest BCUT2D eigenvalue weighted by Gasteiger charge is 2.29. The summed E-state index contributed by atoms with van der Waals surface area (Å²) in [4.78, 5) is 40.8. The van der Waals surface area contributed by atoms with Gasteiger partial charge in [-0.25, -0.2) is 4.79 Å². The van der Waals surface area contributed by atoms with Crippen LogP contribution in [0, 0.1) is 19.8 Å². The van der Waals surface area contributed by atoms with E-state index in [2.05, 4.69) is 10.6 Å². The molecule has 1 atom stereocenters. The van der Waals surface area contributed by atoms with Crippen LogP contribution in [0.4, 0.5) is 4.79 Å². The fourth-order valence-corrected chi connectivity index (χ4v) is 4.11. The summed E-state index contributed by atoms with van der Waals surface area (Å²) in [5.41, 5.74) is 0.190. The first-order chi connectivity index (χ1) is 13.1. The second kappa shape index (κ2) is 9.41. The van der Waals surface area contributed by atoms with Gasteiger partial charge in [-0.3, -0.25) is 9.59 Å². The maximum atomic E-state index is 12.8. The van der Waals surface area contributed by atoms with Crippen molar-refractivity contribution in [2.45, 2.75) is 53.1 Å². The Morgan fingerprint density at radius 3 is 2.50 bits per heavy atom. The van der Waals surface area contributed by atoms with E-state index in [0.29, 0.717) is 26.2 Å². The molecular formula is C20H31N3O4S. The van der Waals surface area contributed by atoms with Gasteiger partial charge in [0.15, 0.2) is 0 Å². The molecule has 156 valence electrons. The Balaban J connectivity index is 1.78. The van der Waals surface area contributed by atoms with Crippen molar-refractivity contribution in [1.29, 1.82) is 0 Å². The monoisotopic (exact) mass is 409 g/mol. The van der Waals surface area contributed by atoms with E-state index in [1.54, 1.807) is 37.0 Å². The number of thiophene rings is 1. The molecule has 0 aliphatic carbocycles. The number of likely N-dealkylation sites (tertiary alicyclic amines) is 1. The molecule has 0 radical (unpaired) electrons. The molecule has 3 amide bonds. The molecule has 2 heterocycles. The summed E-state index contributed by atoms with van der Waals surface area (Å²) in [6.07, 6.45) is 1.07. The van der Waals surface area contributed by atoms with E-state index in [1.165, 1.54) is 0 Å². The van der Waals surface area contributed by atoms with Gasteiger partial charge in [-0.2, -0.15) is 0 Å². The van der Waals surface area contributed by atoms with E-state index < -0.39 is 11.7 Å². The number of nitrogens with zero attached hydrogens (tertiary/aromatic N) is 1. The van der Waals surface area contributed by atoms with Crippen LogP contribution in [0.3, 0.4) is 0 Å². The van der Waals surface area contributed by atoms with Crippen molar-refractivity contribution in [3.05, 3.63) is 21.4 Å². The lowest BCUT2D eigenvalue weighted by atomic mass is 9.96. The highest BCUT2D eigenvalue weighted by atomic mass is 32.1. The van der Waals surface area contributed by atoms with Gasteiger partial charge < -0.3 is 20.3 Å². The predicted octanol–water partition coefficient (Wildman–Crippen LogP) is 2.86. The number of nitrogens with one attached hydrogen (secondary N) is 2. The van der Waals surface area contributed by atoms with E-state index in [0.717, 1.165) is 28.2 Å². The Hall–Kier alpha value is -2.09. The van der Waals surface area contributed by atoms with Gasteiger partial charge in [-0.05, 0) is 53.5 Å². The van der Waals surface area contributed by atoms with Gasteiger partial charge in [0, 0.05) is 35.9 Å². The summed E-state index contributed by atoms with van der Waals surface area (Å²) in [7, 11) is 0. The van der Waals surface area contributed by atoms with Gasteiger partial charge >= 0.3 is 6.09 Å². The molecule has 1 unspecified atom stereocenters. The van der Waals surface area contributed by atoms with Crippen molar-refractivity contribution in [2.75, 3.05) is 26.2 Å². The Bertz CT molecular complexity index is 724. The van der Waals surface area contributed by atoms with Crippen LogP contribution in [0.2, 0.25) is 0 Å². The Labute approximate surface area is 170 Å². The average molecular weight is 410 g/mol. The number of ether oxygens (including phenoxy) is 1. The Kier molecular flexibility index (Phi) is 7.46. The summed E-state index contributed by atoms with van der Waals surface area (Å²) < 4.78 is 5.15. The third-order valence-corrected chi connectivity index (χ3v) is 5.41. The summed E-state index contributed by atoms with van der Waals surface area (Å²) >= 11 is 1.62. The minimum absolute atomic E-state index is 0.00550. The first kappa shape index (κ1) is 22.2. The highest BCUT2D eigenvalue weighted by Crippen LogP contribution is 2.25. The first-order valence-corrected chi connectivity index (χ1v) is 10.5. The smallest absolute Gasteiger partial charge is 0.407 e. The second-order valence-corrected chi connectivity index (χ2v) is 9.60. The molecule has 1 fully saturated rings. The van der Waals surface area contributed by atoms with Crippen LogP contribution in [-0.4, -0.2) is 54.6 Å². The minimum atomic E-state index is -0.551. The molecule has 0 aromatic carbocycles. The van der Waals surface area contributed by atoms with Crippen LogP contribution in [0.25, 0.3) is 0 Å². The van der Waals surface area contributed by atoms with Crippen LogP contribution in [0.15, 0.2) is 6.07 Å². The van der Waals surface area contributed by atoms with Gasteiger partial charge in [0.25, 0.3) is 5.91 Å². The average Bonchev–Trinajstić information content (AvgIpc) is 2.94. The fraction of sp³-hybridized carbons (Fsp3) is 0.650. The molecule has 1 aromatic heterocycles. The zero-order chi connectivity index (χ0) is 20.9. The number of alkyl carbamates (subject to hydrolysis) is 1. The zero-order valence-corrected chi connectivity index (χ0v) is 18.2. The summed E-state index contributed by atoms with van der Waals surface area (Å²) in [6, 6.07) is 1.92. The third kappa shape index (κ3) is 6.51. The molecular weight excluding hydrogens is 378 g/mol. The number of aryl methyl sites for hydroxylation is 2. The standard InChI is InChI=1S/C20H31N3O4S/c1-13-11-16(14(2)28-13)18(25)23-10-6-7-15(12-23)17(24)21-8-9-22-19(26)27-20(3,4)5/h11,15H,6-10,12H2,1-5H3,(H,21,24)(H,22,26). The van der Waals surface area contributed by atoms with Crippen molar-refractivity contribution in [3.8, 4) is 0 Å². The zero-order valence-electron chi connectivity index (χ0n) is 17.4. The number of rotatable bonds is 5. The molecule has 1 aliphatic heterocycles. The van der Waals surface area contributed by atoms with Gasteiger partial charge in [0.05, 0.1) is 11.5 Å². The lowest BCUT2D eigenvalue weighted by molar-refractivity contribution is -0.126. The van der Waals surface area contributed by atoms with Gasteiger partial charge in [-0.1, -0.05) is 0 Å². The third-order valence-electron chi connectivity index (χ3n) is 4.44. The van der Waals surface area contributed by atoms with Crippen molar-refractivity contribution in [1.82, 2.24) is 15.5 Å². The normalized spacial score (nSPS) is 17.2. The van der Waals surface area contributed by atoms with E-state index in [1.807, 2.05) is 19.9 Å². The number of hydrogen-bond donors (Lipinski definition) is 2. The quantitative estimate of drug-likeness (QED) is 0.732. The molecule has 28 heavy (non-hydrogen) atoms. The molecule has 0 bridgehead atoms. The van der Waals surface area contributed by atoms with Crippen LogP contribution in [-0.2, 0) is 9.53 Å². The molecule has 8 heteroatoms. The van der Waals surface area contributed by atoms with E-state index >= 15 is 0 Å². The molecule has 2 rings (SSSR count). The van der Waals surface area contributed by atoms with Crippen molar-refractivity contribution in [2.24, 2.45) is 5.92 Å². The number of carbonyl (C=O) groups excluding carboxylic acids is 3. The maximum absolute atomic E-state index is 12.8. The van der Waals surface area contributed by atoms with E-state index in [4.69, 9.17) is 4.74 Å². The largest absolute Gasteiger partial charge is 0.444 e. The SMILES string of the molecule is Cc1cc(C(=O)N2CCCC(C(=O)NCCNC(=O)OC(C)(C)C)C2)c(C)s1. The molecule has 1 aromatic rings. The van der Waals surface area contributed by atoms with Crippen LogP contribution < -0.4 is 10.6 Å². The molecule has 0 saturated carbocycles. The maximum Gasteiger partial charge on any atom is 0.407 e. The fourth-order valence-electron chi connectivity index (χ4n) is 3.20. The lowest BCUT2D eigenvalue weighted by Gasteiger charge is -2.32. The summed E-state index contributed by atoms with van der Waals surface area (Å²) in [5.74, 6) is -0.299. The Morgan fingerprint density at radius 1 is 1.21 bits per heavy atom. The van der Waals surface area contributed by atoms with Gasteiger partial charge in [-0.15, -0.1) is 11.3 Å². The van der Waals surface area contributed by atoms with Crippen LogP contribution >= 0.6 is 11.3 Å². The lowest BCUT2D eigenvalue weighted by Crippen LogP contribution is -2.46. The van der Waals surface area contributed by atoms with E-state index in [9.17, 15) is 14.4 Å². The van der Waals surface area contributed by atoms with E-state index in [-0.39, 0.29) is 17.7 Å².